The van der Waals surface area contributed by atoms with Crippen molar-refractivity contribution in [3.8, 4) is 0 Å². The van der Waals surface area contributed by atoms with Gasteiger partial charge in [0, 0.05) is 6.42 Å². The zero-order valence-corrected chi connectivity index (χ0v) is 11.9. The molecule has 21 heavy (non-hydrogen) atoms. The summed E-state index contributed by atoms with van der Waals surface area (Å²) in [6.07, 6.45) is 4.92. The predicted molar refractivity (Wildman–Crippen MR) is 85.0 cm³/mol. The Morgan fingerprint density at radius 3 is 2.43 bits per heavy atom. The molecular weight excluding hydrogens is 260 g/mol. The summed E-state index contributed by atoms with van der Waals surface area (Å²) in [6.45, 7) is 0. The van der Waals surface area contributed by atoms with Gasteiger partial charge in [-0.3, -0.25) is 4.79 Å². The Hall–Kier alpha value is -2.35. The van der Waals surface area contributed by atoms with Crippen molar-refractivity contribution < 1.29 is 9.90 Å². The summed E-state index contributed by atoms with van der Waals surface area (Å²) in [5, 5.41) is 8.99. The smallest absolute Gasteiger partial charge is 0.303 e. The first-order valence-corrected chi connectivity index (χ1v) is 7.32. The number of hydrogen-bond donors (Lipinski definition) is 1. The third-order valence-corrected chi connectivity index (χ3v) is 4.02. The van der Waals surface area contributed by atoms with E-state index in [0.717, 1.165) is 18.4 Å². The van der Waals surface area contributed by atoms with E-state index in [2.05, 4.69) is 42.5 Å². The van der Waals surface area contributed by atoms with Crippen LogP contribution in [0.1, 0.15) is 35.1 Å². The first-order valence-electron chi connectivity index (χ1n) is 7.32. The van der Waals surface area contributed by atoms with Crippen LogP contribution in [0, 0.1) is 0 Å². The first-order chi connectivity index (χ1) is 10.2. The molecule has 3 rings (SSSR count). The van der Waals surface area contributed by atoms with Crippen molar-refractivity contribution >= 4 is 17.6 Å². The molecule has 0 radical (unpaired) electrons. The van der Waals surface area contributed by atoms with E-state index in [9.17, 15) is 4.79 Å². The molecule has 1 aliphatic carbocycles. The van der Waals surface area contributed by atoms with Gasteiger partial charge in [-0.05, 0) is 47.1 Å². The summed E-state index contributed by atoms with van der Waals surface area (Å²) in [6, 6.07) is 16.7. The molecular formula is C19H18O2. The number of carboxylic acids is 1. The van der Waals surface area contributed by atoms with Gasteiger partial charge in [-0.25, -0.2) is 0 Å². The monoisotopic (exact) mass is 278 g/mol. The lowest BCUT2D eigenvalue weighted by Crippen LogP contribution is -2.03. The van der Waals surface area contributed by atoms with Crippen LogP contribution in [0.3, 0.4) is 0 Å². The molecule has 2 aromatic carbocycles. The molecule has 2 aromatic rings. The average molecular weight is 278 g/mol. The van der Waals surface area contributed by atoms with Gasteiger partial charge in [0.15, 0.2) is 0 Å². The van der Waals surface area contributed by atoms with Crippen LogP contribution in [0.4, 0.5) is 0 Å². The van der Waals surface area contributed by atoms with Crippen LogP contribution in [0.2, 0.25) is 0 Å². The van der Waals surface area contributed by atoms with Crippen molar-refractivity contribution in [2.45, 2.75) is 25.7 Å². The van der Waals surface area contributed by atoms with Crippen molar-refractivity contribution in [2.24, 2.45) is 0 Å². The minimum Gasteiger partial charge on any atom is -0.481 e. The van der Waals surface area contributed by atoms with Crippen LogP contribution >= 0.6 is 0 Å². The highest BCUT2D eigenvalue weighted by atomic mass is 16.4. The highest BCUT2D eigenvalue weighted by Gasteiger charge is 2.13. The van der Waals surface area contributed by atoms with Gasteiger partial charge in [-0.2, -0.15) is 0 Å². The topological polar surface area (TPSA) is 37.3 Å². The number of allylic oxidation sites excluding steroid dienone is 1. The van der Waals surface area contributed by atoms with Crippen LogP contribution < -0.4 is 0 Å². The number of carbonyl (C=O) groups is 1. The summed E-state index contributed by atoms with van der Waals surface area (Å²) in [5.41, 5.74) is 6.18. The third kappa shape index (κ3) is 3.05. The van der Waals surface area contributed by atoms with Crippen LogP contribution in [0.5, 0.6) is 0 Å². The van der Waals surface area contributed by atoms with Crippen molar-refractivity contribution in [1.82, 2.24) is 0 Å². The van der Waals surface area contributed by atoms with Gasteiger partial charge in [-0.15, -0.1) is 0 Å². The number of benzene rings is 2. The maximum atomic E-state index is 10.9. The predicted octanol–water partition coefficient (Wildman–Crippen LogP) is 4.19. The fourth-order valence-corrected chi connectivity index (χ4v) is 2.94. The molecule has 0 bridgehead atoms. The number of hydrogen-bond acceptors (Lipinski definition) is 1. The van der Waals surface area contributed by atoms with Gasteiger partial charge < -0.3 is 5.11 Å². The largest absolute Gasteiger partial charge is 0.481 e. The van der Waals surface area contributed by atoms with Crippen LogP contribution in [0.25, 0.3) is 11.6 Å². The highest BCUT2D eigenvalue weighted by molar-refractivity contribution is 5.85. The number of aliphatic carboxylic acids is 1. The molecule has 0 saturated heterocycles. The number of fused-ring (bicyclic) bond motifs is 2. The number of rotatable bonds is 3. The van der Waals surface area contributed by atoms with Gasteiger partial charge >= 0.3 is 5.97 Å². The minimum absolute atomic E-state index is 0.169. The molecule has 106 valence electrons. The summed E-state index contributed by atoms with van der Waals surface area (Å²) in [7, 11) is 0. The Labute approximate surface area is 124 Å². The molecule has 1 aliphatic rings. The molecule has 0 amide bonds. The Kier molecular flexibility index (Phi) is 3.87. The normalized spacial score (nSPS) is 15.9. The molecule has 0 unspecified atom stereocenters. The maximum absolute atomic E-state index is 10.9. The van der Waals surface area contributed by atoms with Gasteiger partial charge in [-0.1, -0.05) is 54.6 Å². The van der Waals surface area contributed by atoms with E-state index < -0.39 is 5.97 Å². The summed E-state index contributed by atoms with van der Waals surface area (Å²) in [5.74, 6) is -0.747. The van der Waals surface area contributed by atoms with Crippen LogP contribution in [-0.2, 0) is 17.6 Å². The number of carboxylic acid groups (broad SMARTS) is 1. The second kappa shape index (κ2) is 5.96. The molecule has 0 fully saturated rings. The molecule has 1 N–H and O–H groups in total. The molecule has 0 saturated carbocycles. The Balaban J connectivity index is 2.08. The van der Waals surface area contributed by atoms with Crippen molar-refractivity contribution in [1.29, 1.82) is 0 Å². The molecule has 0 aromatic heterocycles. The van der Waals surface area contributed by atoms with Gasteiger partial charge in [0.2, 0.25) is 0 Å². The summed E-state index contributed by atoms with van der Waals surface area (Å²) in [4.78, 5) is 10.9. The zero-order chi connectivity index (χ0) is 14.7. The highest BCUT2D eigenvalue weighted by Crippen LogP contribution is 2.30. The Bertz CT molecular complexity index is 698. The van der Waals surface area contributed by atoms with E-state index in [1.54, 1.807) is 0 Å². The average Bonchev–Trinajstić information content (AvgIpc) is 2.48. The Morgan fingerprint density at radius 2 is 1.62 bits per heavy atom. The fraction of sp³-hybridized carbons (Fsp3) is 0.211. The van der Waals surface area contributed by atoms with E-state index in [4.69, 9.17) is 5.11 Å². The Morgan fingerprint density at radius 1 is 0.952 bits per heavy atom. The molecule has 0 atom stereocenters. The molecule has 0 aliphatic heterocycles. The van der Waals surface area contributed by atoms with Crippen molar-refractivity contribution in [3.63, 3.8) is 0 Å². The third-order valence-electron chi connectivity index (χ3n) is 4.02. The van der Waals surface area contributed by atoms with Crippen molar-refractivity contribution in [2.75, 3.05) is 0 Å². The second-order valence-corrected chi connectivity index (χ2v) is 5.42. The van der Waals surface area contributed by atoms with Gasteiger partial charge in [0.05, 0.1) is 0 Å². The lowest BCUT2D eigenvalue weighted by Gasteiger charge is -2.18. The van der Waals surface area contributed by atoms with E-state index in [0.29, 0.717) is 6.42 Å². The van der Waals surface area contributed by atoms with Crippen molar-refractivity contribution in [3.05, 3.63) is 70.8 Å². The minimum atomic E-state index is -0.747. The first kappa shape index (κ1) is 13.6. The second-order valence-electron chi connectivity index (χ2n) is 5.42. The number of aryl methyl sites for hydroxylation is 2. The van der Waals surface area contributed by atoms with E-state index in [-0.39, 0.29) is 6.42 Å². The molecule has 0 spiro atoms. The lowest BCUT2D eigenvalue weighted by molar-refractivity contribution is -0.136. The SMILES string of the molecule is O=C(O)CC/C1=C/c2ccccc2CCc2ccccc21. The van der Waals surface area contributed by atoms with Crippen LogP contribution in [0.15, 0.2) is 48.5 Å². The quantitative estimate of drug-likeness (QED) is 0.914. The van der Waals surface area contributed by atoms with E-state index >= 15 is 0 Å². The van der Waals surface area contributed by atoms with Crippen LogP contribution in [-0.4, -0.2) is 11.1 Å². The molecule has 2 nitrogen and oxygen atoms in total. The van der Waals surface area contributed by atoms with Gasteiger partial charge in [0.25, 0.3) is 0 Å². The van der Waals surface area contributed by atoms with E-state index in [1.807, 2.05) is 12.1 Å². The zero-order valence-electron chi connectivity index (χ0n) is 11.9. The van der Waals surface area contributed by atoms with Gasteiger partial charge in [0.1, 0.15) is 0 Å². The summed E-state index contributed by atoms with van der Waals surface area (Å²) < 4.78 is 0. The fourth-order valence-electron chi connectivity index (χ4n) is 2.94. The maximum Gasteiger partial charge on any atom is 0.303 e. The molecule has 2 heteroatoms. The standard InChI is InChI=1S/C19H18O2/c20-19(21)12-11-17-13-16-7-2-1-5-14(16)9-10-15-6-3-4-8-18(15)17/h1-8,13H,9-12H2,(H,20,21)/b17-13-. The lowest BCUT2D eigenvalue weighted by atomic mass is 9.87. The molecule has 0 heterocycles. The summed E-state index contributed by atoms with van der Waals surface area (Å²) >= 11 is 0. The van der Waals surface area contributed by atoms with E-state index in [1.165, 1.54) is 22.3 Å².